The van der Waals surface area contributed by atoms with Crippen molar-refractivity contribution in [2.24, 2.45) is 0 Å². The molecule has 3 rings (SSSR count). The first kappa shape index (κ1) is 20.6. The van der Waals surface area contributed by atoms with E-state index in [1.54, 1.807) is 31.4 Å². The molecule has 3 aromatic rings. The molecule has 0 bridgehead atoms. The second-order valence-electron chi connectivity index (χ2n) is 5.99. The first-order valence-corrected chi connectivity index (χ1v) is 10.5. The number of nitrogens with zero attached hydrogens (tertiary/aromatic N) is 2. The van der Waals surface area contributed by atoms with E-state index in [0.717, 1.165) is 11.8 Å². The number of rotatable bonds is 7. The minimum Gasteiger partial charge on any atom is -0.497 e. The Morgan fingerprint density at radius 2 is 1.93 bits per heavy atom. The van der Waals surface area contributed by atoms with Crippen molar-refractivity contribution >= 4 is 33.2 Å². The van der Waals surface area contributed by atoms with E-state index >= 15 is 0 Å². The third-order valence-corrected chi connectivity index (χ3v) is 4.65. The first-order chi connectivity index (χ1) is 13.7. The predicted octanol–water partition coefficient (Wildman–Crippen LogP) is 2.70. The zero-order valence-corrected chi connectivity index (χ0v) is 17.0. The molecular weight excluding hydrogens is 420 g/mol. The van der Waals surface area contributed by atoms with Gasteiger partial charge in [0.05, 0.1) is 30.5 Å². The van der Waals surface area contributed by atoms with Crippen LogP contribution >= 0.6 is 11.6 Å². The second-order valence-corrected chi connectivity index (χ2v) is 8.15. The lowest BCUT2D eigenvalue weighted by molar-refractivity contribution is 0.0946. The number of amides is 1. The van der Waals surface area contributed by atoms with Gasteiger partial charge in [-0.05, 0) is 42.5 Å². The summed E-state index contributed by atoms with van der Waals surface area (Å²) >= 11 is 6.09. The molecule has 0 spiro atoms. The summed E-state index contributed by atoms with van der Waals surface area (Å²) < 4.78 is 35.1. The van der Waals surface area contributed by atoms with Crippen molar-refractivity contribution in [1.29, 1.82) is 0 Å². The average molecular weight is 437 g/mol. The van der Waals surface area contributed by atoms with Crippen LogP contribution in [0.15, 0.2) is 47.0 Å². The highest BCUT2D eigenvalue weighted by atomic mass is 35.5. The molecule has 0 aliphatic rings. The molecule has 11 heteroatoms. The third-order valence-electron chi connectivity index (χ3n) is 3.73. The number of ether oxygens (including phenoxy) is 1. The zero-order chi connectivity index (χ0) is 21.0. The molecule has 0 aliphatic heterocycles. The maximum absolute atomic E-state index is 12.3. The molecular formula is C18H17ClN4O5S. The first-order valence-electron chi connectivity index (χ1n) is 8.28. The summed E-state index contributed by atoms with van der Waals surface area (Å²) in [7, 11) is -1.87. The molecule has 0 saturated carbocycles. The van der Waals surface area contributed by atoms with Crippen LogP contribution in [0, 0.1) is 0 Å². The summed E-state index contributed by atoms with van der Waals surface area (Å²) in [5.74, 6) is 0.839. The Kier molecular flexibility index (Phi) is 6.04. The number of hydrogen-bond donors (Lipinski definition) is 2. The van der Waals surface area contributed by atoms with Gasteiger partial charge in [-0.25, -0.2) is 8.42 Å². The SMILES string of the molecule is COc1ccc(-c2noc(CNC(=O)c3ccc(NS(C)(=O)=O)cc3Cl)n2)cc1. The molecule has 9 nitrogen and oxygen atoms in total. The monoisotopic (exact) mass is 436 g/mol. The maximum atomic E-state index is 12.3. The number of carbonyl (C=O) groups is 1. The van der Waals surface area contributed by atoms with Crippen molar-refractivity contribution in [2.75, 3.05) is 18.1 Å². The van der Waals surface area contributed by atoms with Crippen LogP contribution < -0.4 is 14.8 Å². The fourth-order valence-corrected chi connectivity index (χ4v) is 3.23. The Hall–Kier alpha value is -3.11. The van der Waals surface area contributed by atoms with Crippen LogP contribution in [0.4, 0.5) is 5.69 Å². The molecule has 1 amide bonds. The van der Waals surface area contributed by atoms with Gasteiger partial charge in [-0.2, -0.15) is 4.98 Å². The minimum atomic E-state index is -3.44. The highest BCUT2D eigenvalue weighted by Crippen LogP contribution is 2.22. The molecule has 1 heterocycles. The fourth-order valence-electron chi connectivity index (χ4n) is 2.41. The summed E-state index contributed by atoms with van der Waals surface area (Å²) in [6, 6.07) is 11.3. The number of anilines is 1. The highest BCUT2D eigenvalue weighted by Gasteiger charge is 2.14. The maximum Gasteiger partial charge on any atom is 0.253 e. The van der Waals surface area contributed by atoms with Gasteiger partial charge in [0.15, 0.2) is 0 Å². The van der Waals surface area contributed by atoms with E-state index in [4.69, 9.17) is 20.9 Å². The van der Waals surface area contributed by atoms with E-state index < -0.39 is 15.9 Å². The van der Waals surface area contributed by atoms with E-state index in [1.165, 1.54) is 18.2 Å². The van der Waals surface area contributed by atoms with E-state index in [9.17, 15) is 13.2 Å². The molecule has 0 unspecified atom stereocenters. The average Bonchev–Trinajstić information content (AvgIpc) is 3.14. The lowest BCUT2D eigenvalue weighted by Gasteiger charge is -2.08. The largest absolute Gasteiger partial charge is 0.497 e. The number of benzene rings is 2. The van der Waals surface area contributed by atoms with Crippen molar-refractivity contribution in [1.82, 2.24) is 15.5 Å². The highest BCUT2D eigenvalue weighted by molar-refractivity contribution is 7.92. The predicted molar refractivity (Wildman–Crippen MR) is 107 cm³/mol. The van der Waals surface area contributed by atoms with Gasteiger partial charge in [-0.15, -0.1) is 0 Å². The van der Waals surface area contributed by atoms with Crippen LogP contribution in [0.25, 0.3) is 11.4 Å². The Labute approximate surface area is 172 Å². The molecule has 2 aromatic carbocycles. The smallest absolute Gasteiger partial charge is 0.253 e. The molecule has 0 fully saturated rings. The summed E-state index contributed by atoms with van der Waals surface area (Å²) in [4.78, 5) is 16.6. The Balaban J connectivity index is 1.64. The molecule has 0 atom stereocenters. The van der Waals surface area contributed by atoms with Gasteiger partial charge in [0.25, 0.3) is 5.91 Å². The zero-order valence-electron chi connectivity index (χ0n) is 15.5. The molecule has 0 radical (unpaired) electrons. The van der Waals surface area contributed by atoms with Gasteiger partial charge in [0.1, 0.15) is 5.75 Å². The summed E-state index contributed by atoms with van der Waals surface area (Å²) in [5.41, 5.74) is 1.18. The van der Waals surface area contributed by atoms with Crippen molar-refractivity contribution in [3.8, 4) is 17.1 Å². The van der Waals surface area contributed by atoms with Gasteiger partial charge < -0.3 is 14.6 Å². The Bertz CT molecular complexity index is 1130. The third kappa shape index (κ3) is 5.46. The molecule has 29 heavy (non-hydrogen) atoms. The van der Waals surface area contributed by atoms with Gasteiger partial charge in [0, 0.05) is 11.3 Å². The topological polar surface area (TPSA) is 123 Å². The van der Waals surface area contributed by atoms with E-state index in [-0.39, 0.29) is 28.7 Å². The van der Waals surface area contributed by atoms with Crippen LogP contribution in [-0.4, -0.2) is 37.8 Å². The van der Waals surface area contributed by atoms with Crippen LogP contribution in [-0.2, 0) is 16.6 Å². The van der Waals surface area contributed by atoms with E-state index in [1.807, 2.05) is 0 Å². The summed E-state index contributed by atoms with van der Waals surface area (Å²) in [6.45, 7) is 0.00164. The molecule has 0 aliphatic carbocycles. The van der Waals surface area contributed by atoms with Crippen LogP contribution in [0.5, 0.6) is 5.75 Å². The number of carbonyl (C=O) groups excluding carboxylic acids is 1. The lowest BCUT2D eigenvalue weighted by Crippen LogP contribution is -2.23. The number of sulfonamides is 1. The Morgan fingerprint density at radius 3 is 2.55 bits per heavy atom. The van der Waals surface area contributed by atoms with Crippen LogP contribution in [0.3, 0.4) is 0 Å². The number of methoxy groups -OCH3 is 1. The van der Waals surface area contributed by atoms with Gasteiger partial charge in [-0.3, -0.25) is 9.52 Å². The second kappa shape index (κ2) is 8.50. The summed E-state index contributed by atoms with van der Waals surface area (Å²) in [5, 5.41) is 6.61. The molecule has 1 aromatic heterocycles. The number of halogens is 1. The van der Waals surface area contributed by atoms with Crippen molar-refractivity contribution in [3.05, 3.63) is 58.9 Å². The van der Waals surface area contributed by atoms with Crippen molar-refractivity contribution in [3.63, 3.8) is 0 Å². The fraction of sp³-hybridized carbons (Fsp3) is 0.167. The van der Waals surface area contributed by atoms with Gasteiger partial charge >= 0.3 is 0 Å². The van der Waals surface area contributed by atoms with Gasteiger partial charge in [-0.1, -0.05) is 16.8 Å². The normalized spacial score (nSPS) is 11.1. The molecule has 2 N–H and O–H groups in total. The number of nitrogens with one attached hydrogen (secondary N) is 2. The Morgan fingerprint density at radius 1 is 1.21 bits per heavy atom. The molecule has 0 saturated heterocycles. The van der Waals surface area contributed by atoms with Crippen LogP contribution in [0.2, 0.25) is 5.02 Å². The minimum absolute atomic E-state index is 0.00164. The standard InChI is InChI=1S/C18H17ClN4O5S/c1-27-13-6-3-11(4-7-13)17-21-16(28-22-17)10-20-18(24)14-8-5-12(9-15(14)19)23-29(2,25)26/h3-9,23H,10H2,1-2H3,(H,20,24). The number of aromatic nitrogens is 2. The number of hydrogen-bond acceptors (Lipinski definition) is 7. The van der Waals surface area contributed by atoms with Gasteiger partial charge in [0.2, 0.25) is 21.7 Å². The van der Waals surface area contributed by atoms with E-state index in [0.29, 0.717) is 11.6 Å². The lowest BCUT2D eigenvalue weighted by atomic mass is 10.2. The van der Waals surface area contributed by atoms with Crippen LogP contribution in [0.1, 0.15) is 16.2 Å². The quantitative estimate of drug-likeness (QED) is 0.583. The van der Waals surface area contributed by atoms with Crippen molar-refractivity contribution < 1.29 is 22.5 Å². The van der Waals surface area contributed by atoms with E-state index in [2.05, 4.69) is 20.2 Å². The summed E-state index contributed by atoms with van der Waals surface area (Å²) in [6.07, 6.45) is 1.02. The van der Waals surface area contributed by atoms with Crippen molar-refractivity contribution in [2.45, 2.75) is 6.54 Å². The molecule has 152 valence electrons.